The molecule has 6 aromatic rings. The summed E-state index contributed by atoms with van der Waals surface area (Å²) < 4.78 is 2.34. The first-order valence-corrected chi connectivity index (χ1v) is 24.5. The average molecular weight is 1160 g/mol. The van der Waals surface area contributed by atoms with E-state index in [0.717, 1.165) is 22.5 Å². The molecular formula is C57H62Br2IrN2O2-2. The van der Waals surface area contributed by atoms with Crippen LogP contribution in [0.1, 0.15) is 141 Å². The zero-order valence-electron chi connectivity index (χ0n) is 38.3. The number of allylic oxidation sites excluding steroid dienone is 2. The Bertz CT molecular complexity index is 2320. The van der Waals surface area contributed by atoms with Crippen LogP contribution in [0.2, 0.25) is 0 Å². The fraction of sp³-hybridized carbons (Fsp3) is 0.351. The molecule has 2 aliphatic rings. The molecule has 0 saturated carbocycles. The summed E-state index contributed by atoms with van der Waals surface area (Å²) in [6, 6.07) is 42.0. The molecule has 2 aliphatic carbocycles. The topological polar surface area (TPSA) is 63.1 Å². The molecular weight excluding hydrogens is 1100 g/mol. The van der Waals surface area contributed by atoms with Crippen molar-refractivity contribution in [2.45, 2.75) is 129 Å². The predicted molar refractivity (Wildman–Crippen MR) is 270 cm³/mol. The van der Waals surface area contributed by atoms with E-state index in [0.29, 0.717) is 0 Å². The Labute approximate surface area is 413 Å². The van der Waals surface area contributed by atoms with Gasteiger partial charge in [0.1, 0.15) is 0 Å². The Morgan fingerprint density at radius 1 is 0.578 bits per heavy atom. The second-order valence-electron chi connectivity index (χ2n) is 17.1. The molecule has 0 aliphatic heterocycles. The van der Waals surface area contributed by atoms with Crippen molar-refractivity contribution in [3.8, 4) is 44.8 Å². The van der Waals surface area contributed by atoms with Crippen LogP contribution < -0.4 is 0 Å². The van der Waals surface area contributed by atoms with E-state index in [1.807, 2.05) is 24.5 Å². The molecule has 0 bridgehead atoms. The Morgan fingerprint density at radius 3 is 1.25 bits per heavy atom. The maximum atomic E-state index is 10.0. The van der Waals surface area contributed by atoms with Crippen LogP contribution in [0, 0.1) is 12.1 Å². The summed E-state index contributed by atoms with van der Waals surface area (Å²) in [4.78, 5) is 19.2. The van der Waals surface area contributed by atoms with Gasteiger partial charge in [-0.05, 0) is 98.4 Å². The molecule has 7 heteroatoms. The summed E-state index contributed by atoms with van der Waals surface area (Å²) in [5.74, 6) is -0.0625. The van der Waals surface area contributed by atoms with Crippen LogP contribution in [-0.2, 0) is 35.7 Å². The number of fused-ring (bicyclic) bond motifs is 6. The molecule has 0 saturated heterocycles. The zero-order valence-corrected chi connectivity index (χ0v) is 43.9. The first kappa shape index (κ1) is 51.0. The van der Waals surface area contributed by atoms with E-state index < -0.39 is 0 Å². The molecule has 337 valence electrons. The van der Waals surface area contributed by atoms with Crippen LogP contribution in [-0.4, -0.2) is 20.9 Å². The zero-order chi connectivity index (χ0) is 45.0. The Morgan fingerprint density at radius 2 is 0.953 bits per heavy atom. The molecule has 4 nitrogen and oxygen atoms in total. The van der Waals surface area contributed by atoms with Gasteiger partial charge in [-0.25, -0.2) is 0 Å². The van der Waals surface area contributed by atoms with Gasteiger partial charge in [-0.3, -0.25) is 4.79 Å². The fourth-order valence-electron chi connectivity index (χ4n) is 9.68. The fourth-order valence-corrected chi connectivity index (χ4v) is 10.4. The minimum absolute atomic E-state index is 0. The summed E-state index contributed by atoms with van der Waals surface area (Å²) in [6.45, 7) is 12.0. The van der Waals surface area contributed by atoms with Crippen molar-refractivity contribution in [1.82, 2.24) is 9.97 Å². The number of ketones is 1. The summed E-state index contributed by atoms with van der Waals surface area (Å²) >= 11 is 7.46. The summed E-state index contributed by atoms with van der Waals surface area (Å²) in [6.07, 6.45) is 19.6. The van der Waals surface area contributed by atoms with E-state index in [9.17, 15) is 4.79 Å². The van der Waals surface area contributed by atoms with Crippen LogP contribution in [0.3, 0.4) is 0 Å². The molecule has 2 aromatic heterocycles. The van der Waals surface area contributed by atoms with Gasteiger partial charge in [0.05, 0.1) is 5.76 Å². The number of pyridine rings is 2. The summed E-state index contributed by atoms with van der Waals surface area (Å²) in [5.41, 5.74) is 15.8. The number of carbonyl (C=O) groups is 1. The summed E-state index contributed by atoms with van der Waals surface area (Å²) in [7, 11) is 0. The van der Waals surface area contributed by atoms with E-state index in [1.165, 1.54) is 150 Å². The number of rotatable bonds is 15. The van der Waals surface area contributed by atoms with Gasteiger partial charge in [0.25, 0.3) is 0 Å². The second kappa shape index (κ2) is 24.0. The van der Waals surface area contributed by atoms with Crippen LogP contribution in [0.4, 0.5) is 0 Å². The molecule has 8 rings (SSSR count). The normalized spacial score (nSPS) is 13.5. The monoisotopic (exact) mass is 1160 g/mol. The van der Waals surface area contributed by atoms with E-state index in [2.05, 4.69) is 167 Å². The van der Waals surface area contributed by atoms with E-state index in [4.69, 9.17) is 5.11 Å². The van der Waals surface area contributed by atoms with Crippen LogP contribution in [0.15, 0.2) is 130 Å². The third-order valence-electron chi connectivity index (χ3n) is 12.6. The molecule has 0 spiro atoms. The van der Waals surface area contributed by atoms with Crippen LogP contribution >= 0.6 is 31.9 Å². The number of carbonyl (C=O) groups excluding carboxylic acids is 1. The first-order valence-electron chi connectivity index (χ1n) is 23.0. The number of nitrogens with zero attached hydrogens (tertiary/aromatic N) is 2. The maximum absolute atomic E-state index is 10.0. The largest absolute Gasteiger partial charge is 0.512 e. The molecule has 4 aromatic carbocycles. The van der Waals surface area contributed by atoms with Gasteiger partial charge in [-0.15, -0.1) is 58.7 Å². The molecule has 2 heterocycles. The Hall–Kier alpha value is -4.00. The summed E-state index contributed by atoms with van der Waals surface area (Å²) in [5, 5.41) is 8.36. The maximum Gasteiger partial charge on any atom is 0.155 e. The van der Waals surface area contributed by atoms with Gasteiger partial charge in [-0.1, -0.05) is 170 Å². The van der Waals surface area contributed by atoms with Gasteiger partial charge >= 0.3 is 0 Å². The van der Waals surface area contributed by atoms with Gasteiger partial charge in [-0.2, -0.15) is 0 Å². The van der Waals surface area contributed by atoms with Crippen LogP contribution in [0.25, 0.3) is 44.8 Å². The van der Waals surface area contributed by atoms with Crippen molar-refractivity contribution in [2.75, 3.05) is 0 Å². The van der Waals surface area contributed by atoms with E-state index >= 15 is 0 Å². The molecule has 0 fully saturated rings. The molecule has 1 N–H and O–H groups in total. The van der Waals surface area contributed by atoms with Gasteiger partial charge in [0, 0.05) is 58.4 Å². The number of aromatic nitrogens is 2. The smallest absolute Gasteiger partial charge is 0.155 e. The number of aliphatic hydroxyl groups is 1. The van der Waals surface area contributed by atoms with Gasteiger partial charge in [0.15, 0.2) is 5.78 Å². The number of hydrogen-bond donors (Lipinski definition) is 1. The van der Waals surface area contributed by atoms with E-state index in [-0.39, 0.29) is 42.5 Å². The number of aliphatic hydroxyl groups excluding tert-OH is 1. The third-order valence-corrected chi connectivity index (χ3v) is 13.6. The average Bonchev–Trinajstić information content (AvgIpc) is 3.71. The number of hydrogen-bond acceptors (Lipinski definition) is 4. The molecule has 0 atom stereocenters. The van der Waals surface area contributed by atoms with Gasteiger partial charge < -0.3 is 15.1 Å². The minimum atomic E-state index is -0.125. The number of unbranched alkanes of at least 4 members (excludes halogenated alkanes) is 4. The Kier molecular flexibility index (Phi) is 19.1. The number of benzene rings is 4. The molecule has 64 heavy (non-hydrogen) atoms. The van der Waals surface area contributed by atoms with Crippen LogP contribution in [0.5, 0.6) is 0 Å². The SMILES string of the molecule is CC(=O)/C=C(/C)O.CCCCC1(CCCC)c2cc(-c3ccccn3)[c-]cc2-c2ccc(Br)cc21.CCCCC1(CCCC)c2cc(-c3ccccn3)[c-]cc2-c2ccc(Br)cc21.[Ir]. The van der Waals surface area contributed by atoms with E-state index in [1.54, 1.807) is 0 Å². The van der Waals surface area contributed by atoms with Crippen molar-refractivity contribution >= 4 is 37.6 Å². The third kappa shape index (κ3) is 11.5. The molecule has 1 radical (unpaired) electrons. The molecule has 0 amide bonds. The second-order valence-corrected chi connectivity index (χ2v) is 19.0. The molecule has 0 unspecified atom stereocenters. The van der Waals surface area contributed by atoms with Crippen molar-refractivity contribution in [1.29, 1.82) is 0 Å². The van der Waals surface area contributed by atoms with Crippen molar-refractivity contribution in [3.63, 3.8) is 0 Å². The standard InChI is InChI=1S/2C26H27BrN.C5H8O2.Ir/c2*1-3-5-14-26(15-6-4-2)23-17-19(25-9-7-8-16-28-25)10-12-21(23)22-13-11-20(27)18-24(22)26;1-4(6)3-5(2)7;/h2*7-9,11-13,16-18H,3-6,14-15H2,1-2H3;3,6H,1-2H3;/q2*-1;;/b;;4-3-;. The van der Waals surface area contributed by atoms with Crippen molar-refractivity contribution < 1.29 is 30.0 Å². The predicted octanol–water partition coefficient (Wildman–Crippen LogP) is 17.0. The Balaban J connectivity index is 0.000000207. The minimum Gasteiger partial charge on any atom is -0.512 e. The van der Waals surface area contributed by atoms with Crippen molar-refractivity contribution in [2.24, 2.45) is 0 Å². The first-order chi connectivity index (χ1) is 30.5. The van der Waals surface area contributed by atoms with Gasteiger partial charge in [0.2, 0.25) is 0 Å². The quantitative estimate of drug-likeness (QED) is 0.0632. The number of halogens is 2. The van der Waals surface area contributed by atoms with Crippen molar-refractivity contribution in [3.05, 3.63) is 165 Å².